The third-order valence-electron chi connectivity index (χ3n) is 9.66. The lowest BCUT2D eigenvalue weighted by Gasteiger charge is -2.32. The molecule has 2 atom stereocenters. The number of hydrogen-bond donors (Lipinski definition) is 2. The zero-order valence-electron chi connectivity index (χ0n) is 26.0. The number of aromatic nitrogens is 1. The first-order valence-electron chi connectivity index (χ1n) is 16.4. The van der Waals surface area contributed by atoms with E-state index in [0.717, 1.165) is 22.6 Å². The standard InChI is InChI=1S/C43H30N4S/c1-3-13-27(14-4-1)41-44-42(28-15-5-2-6-16-28)46-43(45-41)29-23-25-30(26-24-29)47-35-21-11-9-19-33(35)37-38-34-20-10-12-22-36(34)48-40(38)32-18-8-7-17-31(32)39(37)47/h1-26,41-42,44H,(H,45,46). The van der Waals surface area contributed by atoms with Gasteiger partial charge in [0.25, 0.3) is 0 Å². The minimum Gasteiger partial charge on any atom is -0.350 e. The minimum absolute atomic E-state index is 0.0740. The molecule has 0 spiro atoms. The highest BCUT2D eigenvalue weighted by Gasteiger charge is 2.26. The van der Waals surface area contributed by atoms with Gasteiger partial charge in [-0.05, 0) is 47.5 Å². The van der Waals surface area contributed by atoms with Gasteiger partial charge in [-0.2, -0.15) is 0 Å². The van der Waals surface area contributed by atoms with Crippen molar-refractivity contribution in [2.24, 2.45) is 4.99 Å². The van der Waals surface area contributed by atoms with Crippen LogP contribution >= 0.6 is 11.3 Å². The van der Waals surface area contributed by atoms with Crippen molar-refractivity contribution >= 4 is 69.9 Å². The van der Waals surface area contributed by atoms with Gasteiger partial charge < -0.3 is 9.88 Å². The number of para-hydroxylation sites is 1. The van der Waals surface area contributed by atoms with Crippen LogP contribution in [0, 0.1) is 0 Å². The normalized spacial score (nSPS) is 16.5. The fourth-order valence-electron chi connectivity index (χ4n) is 7.48. The molecule has 0 saturated carbocycles. The number of benzene rings is 7. The summed E-state index contributed by atoms with van der Waals surface area (Å²) in [5, 5.41) is 15.2. The van der Waals surface area contributed by atoms with E-state index in [1.54, 1.807) is 0 Å². The van der Waals surface area contributed by atoms with Crippen molar-refractivity contribution in [1.29, 1.82) is 0 Å². The minimum atomic E-state index is -0.168. The summed E-state index contributed by atoms with van der Waals surface area (Å²) in [5.41, 5.74) is 6.95. The first-order chi connectivity index (χ1) is 23.8. The molecule has 0 fully saturated rings. The quantitative estimate of drug-likeness (QED) is 0.202. The van der Waals surface area contributed by atoms with Crippen LogP contribution in [0.3, 0.4) is 0 Å². The Kier molecular flexibility index (Phi) is 6.22. The van der Waals surface area contributed by atoms with Crippen LogP contribution in [0.5, 0.6) is 0 Å². The second-order valence-electron chi connectivity index (χ2n) is 12.4. The monoisotopic (exact) mass is 634 g/mol. The predicted octanol–water partition coefficient (Wildman–Crippen LogP) is 10.6. The molecule has 0 saturated heterocycles. The summed E-state index contributed by atoms with van der Waals surface area (Å²) in [6.07, 6.45) is -0.242. The molecule has 0 amide bonds. The Labute approximate surface area is 281 Å². The Hall–Kier alpha value is -5.75. The number of hydrogen-bond acceptors (Lipinski definition) is 4. The molecule has 2 N–H and O–H groups in total. The number of nitrogens with one attached hydrogen (secondary N) is 2. The topological polar surface area (TPSA) is 41.4 Å². The molecule has 1 aliphatic rings. The lowest BCUT2D eigenvalue weighted by molar-refractivity contribution is 0.409. The number of thiophene rings is 1. The zero-order valence-corrected chi connectivity index (χ0v) is 26.8. The first-order valence-corrected chi connectivity index (χ1v) is 17.2. The summed E-state index contributed by atoms with van der Waals surface area (Å²) in [7, 11) is 0. The van der Waals surface area contributed by atoms with Gasteiger partial charge in [0.1, 0.15) is 18.2 Å². The van der Waals surface area contributed by atoms with Gasteiger partial charge in [-0.15, -0.1) is 11.3 Å². The highest BCUT2D eigenvalue weighted by atomic mass is 32.1. The maximum absolute atomic E-state index is 5.18. The lowest BCUT2D eigenvalue weighted by Crippen LogP contribution is -2.44. The molecule has 4 nitrogen and oxygen atoms in total. The van der Waals surface area contributed by atoms with Crippen LogP contribution < -0.4 is 10.6 Å². The largest absolute Gasteiger partial charge is 0.350 e. The molecule has 7 aromatic carbocycles. The highest BCUT2D eigenvalue weighted by Crippen LogP contribution is 2.47. The molecule has 228 valence electrons. The Balaban J connectivity index is 1.17. The molecule has 48 heavy (non-hydrogen) atoms. The van der Waals surface area contributed by atoms with Crippen molar-refractivity contribution in [2.45, 2.75) is 12.3 Å². The fourth-order valence-corrected chi connectivity index (χ4v) is 8.73. The summed E-state index contributed by atoms with van der Waals surface area (Å²) in [5.74, 6) is 0.877. The van der Waals surface area contributed by atoms with Crippen LogP contribution in [-0.2, 0) is 0 Å². The smallest absolute Gasteiger partial charge is 0.131 e. The van der Waals surface area contributed by atoms with E-state index in [9.17, 15) is 0 Å². The SMILES string of the molecule is c1ccc(C2N=C(c3ccc(-n4c5ccccc5c5c6c7ccccc7sc6c6ccccc6c54)cc3)NC(c3ccccc3)N2)cc1. The van der Waals surface area contributed by atoms with Crippen molar-refractivity contribution in [3.63, 3.8) is 0 Å². The third-order valence-corrected chi connectivity index (χ3v) is 10.9. The van der Waals surface area contributed by atoms with Crippen molar-refractivity contribution in [3.8, 4) is 5.69 Å². The molecule has 5 heteroatoms. The van der Waals surface area contributed by atoms with E-state index < -0.39 is 0 Å². The molecule has 10 rings (SSSR count). The Morgan fingerprint density at radius 3 is 1.94 bits per heavy atom. The number of nitrogens with zero attached hydrogens (tertiary/aromatic N) is 2. The van der Waals surface area contributed by atoms with E-state index in [2.05, 4.69) is 167 Å². The zero-order chi connectivity index (χ0) is 31.6. The van der Waals surface area contributed by atoms with E-state index >= 15 is 0 Å². The molecule has 3 heterocycles. The van der Waals surface area contributed by atoms with Crippen molar-refractivity contribution in [1.82, 2.24) is 15.2 Å². The summed E-state index contributed by atoms with van der Waals surface area (Å²) in [6, 6.07) is 56.5. The highest BCUT2D eigenvalue weighted by molar-refractivity contribution is 7.27. The maximum atomic E-state index is 5.18. The second kappa shape index (κ2) is 10.9. The Morgan fingerprint density at radius 1 is 0.542 bits per heavy atom. The lowest BCUT2D eigenvalue weighted by atomic mass is 10.00. The summed E-state index contributed by atoms with van der Waals surface area (Å²) in [6.45, 7) is 0. The number of amidine groups is 1. The first kappa shape index (κ1) is 27.4. The maximum Gasteiger partial charge on any atom is 0.131 e. The van der Waals surface area contributed by atoms with Crippen LogP contribution in [-0.4, -0.2) is 10.4 Å². The predicted molar refractivity (Wildman–Crippen MR) is 202 cm³/mol. The van der Waals surface area contributed by atoms with Crippen molar-refractivity contribution in [3.05, 3.63) is 174 Å². The summed E-state index contributed by atoms with van der Waals surface area (Å²) in [4.78, 5) is 5.18. The Morgan fingerprint density at radius 2 is 1.17 bits per heavy atom. The fraction of sp³-hybridized carbons (Fsp3) is 0.0465. The number of aliphatic imine (C=N–C) groups is 1. The van der Waals surface area contributed by atoms with E-state index in [0.29, 0.717) is 0 Å². The molecule has 2 aromatic heterocycles. The third kappa shape index (κ3) is 4.22. The van der Waals surface area contributed by atoms with Gasteiger partial charge in [-0.3, -0.25) is 5.32 Å². The van der Waals surface area contributed by atoms with Gasteiger partial charge in [0.2, 0.25) is 0 Å². The van der Waals surface area contributed by atoms with Gasteiger partial charge >= 0.3 is 0 Å². The molecule has 2 unspecified atom stereocenters. The van der Waals surface area contributed by atoms with E-state index in [4.69, 9.17) is 4.99 Å². The molecule has 9 aromatic rings. The van der Waals surface area contributed by atoms with Crippen molar-refractivity contribution < 1.29 is 0 Å². The Bertz CT molecular complexity index is 2670. The van der Waals surface area contributed by atoms with Crippen LogP contribution in [0.15, 0.2) is 163 Å². The van der Waals surface area contributed by atoms with Gasteiger partial charge in [-0.25, -0.2) is 4.99 Å². The van der Waals surface area contributed by atoms with E-state index in [-0.39, 0.29) is 12.3 Å². The summed E-state index contributed by atoms with van der Waals surface area (Å²) < 4.78 is 5.14. The van der Waals surface area contributed by atoms with E-state index in [1.807, 2.05) is 17.4 Å². The van der Waals surface area contributed by atoms with Crippen LogP contribution in [0.4, 0.5) is 0 Å². The van der Waals surface area contributed by atoms with Gasteiger partial charge in [0.05, 0.1) is 11.0 Å². The van der Waals surface area contributed by atoms with Crippen LogP contribution in [0.25, 0.3) is 58.4 Å². The van der Waals surface area contributed by atoms with E-state index in [1.165, 1.54) is 58.3 Å². The molecule has 0 radical (unpaired) electrons. The number of rotatable bonds is 4. The summed E-state index contributed by atoms with van der Waals surface area (Å²) >= 11 is 1.90. The molecule has 0 aliphatic carbocycles. The molecule has 0 bridgehead atoms. The number of fused-ring (bicyclic) bond motifs is 10. The average molecular weight is 635 g/mol. The molecular weight excluding hydrogens is 605 g/mol. The molecular formula is C43H30N4S. The van der Waals surface area contributed by atoms with Crippen LogP contribution in [0.2, 0.25) is 0 Å². The van der Waals surface area contributed by atoms with Gasteiger partial charge in [0.15, 0.2) is 0 Å². The average Bonchev–Trinajstić information content (AvgIpc) is 3.72. The van der Waals surface area contributed by atoms with Crippen LogP contribution in [0.1, 0.15) is 29.0 Å². The second-order valence-corrected chi connectivity index (χ2v) is 13.5. The van der Waals surface area contributed by atoms with Crippen molar-refractivity contribution in [2.75, 3.05) is 0 Å². The molecule has 1 aliphatic heterocycles. The van der Waals surface area contributed by atoms with Gasteiger partial charge in [0, 0.05) is 53.0 Å². The van der Waals surface area contributed by atoms with Gasteiger partial charge in [-0.1, -0.05) is 121 Å².